The third kappa shape index (κ3) is 2.80. The molecule has 0 nitrogen and oxygen atoms in total. The van der Waals surface area contributed by atoms with Crippen LogP contribution in [0.1, 0.15) is 75.6 Å². The molecule has 2 aromatic rings. The van der Waals surface area contributed by atoms with Crippen LogP contribution in [0.15, 0.2) is 72.8 Å². The number of hydrogen-bond acceptors (Lipinski definition) is 3. The highest BCUT2D eigenvalue weighted by Crippen LogP contribution is 2.83. The van der Waals surface area contributed by atoms with Crippen molar-refractivity contribution in [1.29, 1.82) is 0 Å². The van der Waals surface area contributed by atoms with Crippen molar-refractivity contribution in [3.63, 3.8) is 0 Å². The lowest BCUT2D eigenvalue weighted by Crippen LogP contribution is -2.41. The first-order chi connectivity index (χ1) is 18.5. The highest BCUT2D eigenvalue weighted by atomic mass is 33.5. The summed E-state index contributed by atoms with van der Waals surface area (Å²) >= 11 is 0. The van der Waals surface area contributed by atoms with Gasteiger partial charge in [-0.3, -0.25) is 0 Å². The zero-order valence-corrected chi connectivity index (χ0v) is 26.5. The van der Waals surface area contributed by atoms with E-state index in [1.165, 1.54) is 62.5 Å². The summed E-state index contributed by atoms with van der Waals surface area (Å²) in [4.78, 5) is 0. The summed E-state index contributed by atoms with van der Waals surface area (Å²) in [6.07, 6.45) is 10.2. The molecule has 2 aromatic carbocycles. The molecule has 0 unspecified atom stereocenters. The molecule has 4 bridgehead atoms. The van der Waals surface area contributed by atoms with Crippen LogP contribution in [0.4, 0.5) is 0 Å². The Labute approximate surface area is 247 Å². The first-order valence-electron chi connectivity index (χ1n) is 15.1. The van der Waals surface area contributed by atoms with Gasteiger partial charge in [-0.2, -0.15) is 0 Å². The summed E-state index contributed by atoms with van der Waals surface area (Å²) in [7, 11) is 6.62. The highest BCUT2D eigenvalue weighted by molar-refractivity contribution is 9.09. The van der Waals surface area contributed by atoms with E-state index in [2.05, 4.69) is 108 Å². The topological polar surface area (TPSA) is 0 Å². The van der Waals surface area contributed by atoms with Gasteiger partial charge in [-0.05, 0) is 106 Å². The second-order valence-electron chi connectivity index (χ2n) is 15.0. The summed E-state index contributed by atoms with van der Waals surface area (Å²) in [5, 5.41) is 0. The standard InChI is InChI=1S/C36H42S3/c1-23-31(3,4)29-15-17-35(23,33(29)19-25-11-7-8-12-26(25)20-33)37-39-38-36-18-16-30(32(5,6)24(36)2)34(36)21-27-13-9-10-14-28(27)22-34/h7-14,29-30H,1-2,15-22H2,3-6H3/t29-,30-,35-,36-/m0/s1. The first-order valence-corrected chi connectivity index (χ1v) is 18.6. The lowest BCUT2D eigenvalue weighted by molar-refractivity contribution is 0.160. The van der Waals surface area contributed by atoms with Crippen molar-refractivity contribution in [2.45, 2.75) is 88.6 Å². The molecule has 4 atom stereocenters. The van der Waals surface area contributed by atoms with Crippen LogP contribution in [-0.4, -0.2) is 9.49 Å². The molecule has 0 N–H and O–H groups in total. The molecule has 0 amide bonds. The Bertz CT molecular complexity index is 1270. The van der Waals surface area contributed by atoms with Crippen molar-refractivity contribution in [1.82, 2.24) is 0 Å². The molecule has 2 spiro atoms. The molecule has 0 radical (unpaired) electrons. The third-order valence-electron chi connectivity index (χ3n) is 13.4. The fourth-order valence-electron chi connectivity index (χ4n) is 11.6. The minimum absolute atomic E-state index is 0.160. The van der Waals surface area contributed by atoms with Crippen molar-refractivity contribution in [3.05, 3.63) is 95.1 Å². The van der Waals surface area contributed by atoms with Crippen LogP contribution in [0.2, 0.25) is 0 Å². The summed E-state index contributed by atoms with van der Waals surface area (Å²) < 4.78 is 0.321. The molecule has 4 saturated carbocycles. The largest absolute Gasteiger partial charge is 0.0979 e. The fraction of sp³-hybridized carbons (Fsp3) is 0.556. The fourth-order valence-corrected chi connectivity index (χ4v) is 19.2. The van der Waals surface area contributed by atoms with Crippen LogP contribution in [0.3, 0.4) is 0 Å². The third-order valence-corrected chi connectivity index (χ3v) is 19.2. The van der Waals surface area contributed by atoms with Gasteiger partial charge in [0.05, 0.1) is 9.49 Å². The van der Waals surface area contributed by atoms with E-state index in [0.29, 0.717) is 10.8 Å². The molecular weight excluding hydrogens is 529 g/mol. The summed E-state index contributed by atoms with van der Waals surface area (Å²) in [5.41, 5.74) is 10.5. The number of hydrogen-bond donors (Lipinski definition) is 0. The van der Waals surface area contributed by atoms with Crippen LogP contribution in [0.25, 0.3) is 0 Å². The maximum absolute atomic E-state index is 4.91. The van der Waals surface area contributed by atoms with Crippen LogP contribution < -0.4 is 0 Å². The van der Waals surface area contributed by atoms with Crippen LogP contribution >= 0.6 is 31.4 Å². The van der Waals surface area contributed by atoms with Gasteiger partial charge >= 0.3 is 0 Å². The van der Waals surface area contributed by atoms with Crippen molar-refractivity contribution in [2.24, 2.45) is 33.5 Å². The number of rotatable bonds is 4. The van der Waals surface area contributed by atoms with Crippen molar-refractivity contribution in [2.75, 3.05) is 0 Å². The molecule has 4 fully saturated rings. The Morgan fingerprint density at radius 1 is 0.590 bits per heavy atom. The average Bonchev–Trinajstić information content (AvgIpc) is 3.68. The molecule has 0 aromatic heterocycles. The van der Waals surface area contributed by atoms with E-state index >= 15 is 0 Å². The molecule has 6 aliphatic carbocycles. The minimum atomic E-state index is 0.160. The Kier molecular flexibility index (Phi) is 5.18. The molecule has 0 heterocycles. The zero-order chi connectivity index (χ0) is 27.1. The highest BCUT2D eigenvalue weighted by Gasteiger charge is 2.75. The Morgan fingerprint density at radius 2 is 0.923 bits per heavy atom. The SMILES string of the molecule is C=C1C(C)(C)[C@@H]2CC[C@@]1(SSS[C@@]13CC[C@@H](C(C)(C)C1=C)C31Cc3ccccc3C1)C21Cc2ccccc2C1. The van der Waals surface area contributed by atoms with Gasteiger partial charge in [0, 0.05) is 10.8 Å². The maximum atomic E-state index is 4.91. The van der Waals surface area contributed by atoms with Gasteiger partial charge in [0.1, 0.15) is 0 Å². The van der Waals surface area contributed by atoms with E-state index in [0.717, 1.165) is 11.8 Å². The average molecular weight is 571 g/mol. The minimum Gasteiger partial charge on any atom is -0.0979 e. The summed E-state index contributed by atoms with van der Waals surface area (Å²) in [5.74, 6) is 1.46. The van der Waals surface area contributed by atoms with Crippen molar-refractivity contribution < 1.29 is 0 Å². The quantitative estimate of drug-likeness (QED) is 0.265. The Morgan fingerprint density at radius 3 is 1.26 bits per heavy atom. The predicted octanol–water partition coefficient (Wildman–Crippen LogP) is 10.1. The van der Waals surface area contributed by atoms with Gasteiger partial charge in [-0.15, -0.1) is 0 Å². The molecule has 39 heavy (non-hydrogen) atoms. The van der Waals surface area contributed by atoms with Crippen LogP contribution in [0.5, 0.6) is 0 Å². The lowest BCUT2D eigenvalue weighted by atomic mass is 9.69. The van der Waals surface area contributed by atoms with Gasteiger partial charge in [0.25, 0.3) is 0 Å². The Hall–Kier alpha value is -1.03. The van der Waals surface area contributed by atoms with E-state index in [9.17, 15) is 0 Å². The second-order valence-corrected chi connectivity index (χ2v) is 19.5. The monoisotopic (exact) mass is 570 g/mol. The second kappa shape index (κ2) is 7.87. The van der Waals surface area contributed by atoms with E-state index in [4.69, 9.17) is 13.2 Å². The molecule has 8 rings (SSSR count). The molecule has 204 valence electrons. The van der Waals surface area contributed by atoms with Gasteiger partial charge in [-0.1, -0.05) is 122 Å². The smallest absolute Gasteiger partial charge is 0.0548 e. The van der Waals surface area contributed by atoms with Crippen LogP contribution in [-0.2, 0) is 25.7 Å². The van der Waals surface area contributed by atoms with E-state index in [1.807, 2.05) is 0 Å². The van der Waals surface area contributed by atoms with E-state index in [-0.39, 0.29) is 20.3 Å². The zero-order valence-electron chi connectivity index (χ0n) is 24.1. The molecule has 3 heteroatoms. The van der Waals surface area contributed by atoms with E-state index in [1.54, 1.807) is 22.3 Å². The van der Waals surface area contributed by atoms with Crippen molar-refractivity contribution >= 4 is 31.4 Å². The normalized spacial score (nSPS) is 36.8. The van der Waals surface area contributed by atoms with Crippen molar-refractivity contribution in [3.8, 4) is 0 Å². The van der Waals surface area contributed by atoms with Gasteiger partial charge in [-0.25, -0.2) is 0 Å². The molecule has 0 saturated heterocycles. The molecule has 0 aliphatic heterocycles. The Balaban J connectivity index is 1.14. The first kappa shape index (κ1) is 25.7. The number of fused-ring (bicyclic) bond motifs is 2. The summed E-state index contributed by atoms with van der Waals surface area (Å²) in [6, 6.07) is 18.6. The molecule has 6 aliphatic rings. The van der Waals surface area contributed by atoms with Gasteiger partial charge < -0.3 is 0 Å². The van der Waals surface area contributed by atoms with Gasteiger partial charge in [0.2, 0.25) is 0 Å². The number of benzene rings is 2. The summed E-state index contributed by atoms with van der Waals surface area (Å²) in [6.45, 7) is 19.9. The van der Waals surface area contributed by atoms with Crippen LogP contribution in [0, 0.1) is 33.5 Å². The van der Waals surface area contributed by atoms with E-state index < -0.39 is 0 Å². The lowest BCUT2D eigenvalue weighted by Gasteiger charge is -2.44. The predicted molar refractivity (Wildman–Crippen MR) is 172 cm³/mol. The molecular formula is C36H42S3. The maximum Gasteiger partial charge on any atom is 0.0548 e. The van der Waals surface area contributed by atoms with Gasteiger partial charge in [0.15, 0.2) is 0 Å².